The maximum absolute atomic E-state index is 12.3. The Morgan fingerprint density at radius 1 is 1.43 bits per heavy atom. The van der Waals surface area contributed by atoms with Crippen LogP contribution in [-0.2, 0) is 9.53 Å². The van der Waals surface area contributed by atoms with Gasteiger partial charge < -0.3 is 19.9 Å². The number of carbonyl (C=O) groups excluding carboxylic acids is 1. The van der Waals surface area contributed by atoms with Gasteiger partial charge in [-0.25, -0.2) is 0 Å². The van der Waals surface area contributed by atoms with E-state index in [-0.39, 0.29) is 18.4 Å². The molecule has 0 aliphatic carbocycles. The second-order valence-corrected chi connectivity index (χ2v) is 5.90. The number of amides is 1. The molecule has 2 aliphatic heterocycles. The predicted octanol–water partition coefficient (Wildman–Crippen LogP) is 1.82. The van der Waals surface area contributed by atoms with E-state index in [2.05, 4.69) is 5.32 Å². The quantitative estimate of drug-likeness (QED) is 0.874. The van der Waals surface area contributed by atoms with Gasteiger partial charge in [-0.05, 0) is 31.0 Å². The third kappa shape index (κ3) is 3.31. The van der Waals surface area contributed by atoms with Gasteiger partial charge in [-0.15, -0.1) is 0 Å². The molecule has 1 saturated heterocycles. The molecule has 0 bridgehead atoms. The van der Waals surface area contributed by atoms with E-state index in [1.807, 2.05) is 0 Å². The SMILES string of the molecule is O=C(NC1CCCOC1)C1CC(O)c2cc(Cl)ccc2O1. The Morgan fingerprint density at radius 2 is 2.29 bits per heavy atom. The molecule has 5 nitrogen and oxygen atoms in total. The first-order valence-electron chi connectivity index (χ1n) is 7.16. The van der Waals surface area contributed by atoms with Crippen LogP contribution in [-0.4, -0.2) is 36.4 Å². The average Bonchev–Trinajstić information content (AvgIpc) is 2.49. The summed E-state index contributed by atoms with van der Waals surface area (Å²) in [5.74, 6) is 0.309. The summed E-state index contributed by atoms with van der Waals surface area (Å²) in [5, 5.41) is 13.6. The van der Waals surface area contributed by atoms with Gasteiger partial charge >= 0.3 is 0 Å². The summed E-state index contributed by atoms with van der Waals surface area (Å²) in [6, 6.07) is 5.07. The van der Waals surface area contributed by atoms with E-state index in [1.165, 1.54) is 0 Å². The van der Waals surface area contributed by atoms with Crippen LogP contribution in [0, 0.1) is 0 Å². The molecule has 2 heterocycles. The zero-order chi connectivity index (χ0) is 14.8. The van der Waals surface area contributed by atoms with Crippen molar-refractivity contribution in [2.24, 2.45) is 0 Å². The predicted molar refractivity (Wildman–Crippen MR) is 77.4 cm³/mol. The zero-order valence-electron chi connectivity index (χ0n) is 11.5. The van der Waals surface area contributed by atoms with Gasteiger partial charge in [-0.3, -0.25) is 4.79 Å². The number of fused-ring (bicyclic) bond motifs is 1. The Balaban J connectivity index is 1.67. The molecular weight excluding hydrogens is 294 g/mol. The molecule has 3 unspecified atom stereocenters. The number of halogens is 1. The lowest BCUT2D eigenvalue weighted by atomic mass is 9.98. The Hall–Kier alpha value is -1.30. The maximum atomic E-state index is 12.3. The summed E-state index contributed by atoms with van der Waals surface area (Å²) in [6.45, 7) is 1.28. The molecule has 21 heavy (non-hydrogen) atoms. The minimum atomic E-state index is -0.745. The molecule has 0 radical (unpaired) electrons. The van der Waals surface area contributed by atoms with Gasteiger partial charge in [0.05, 0.1) is 18.8 Å². The smallest absolute Gasteiger partial charge is 0.261 e. The van der Waals surface area contributed by atoms with E-state index in [0.29, 0.717) is 22.9 Å². The molecule has 3 atom stereocenters. The van der Waals surface area contributed by atoms with Crippen LogP contribution in [0.15, 0.2) is 18.2 Å². The average molecular weight is 312 g/mol. The topological polar surface area (TPSA) is 67.8 Å². The summed E-state index contributed by atoms with van der Waals surface area (Å²) < 4.78 is 11.0. The number of benzene rings is 1. The highest BCUT2D eigenvalue weighted by atomic mass is 35.5. The maximum Gasteiger partial charge on any atom is 0.261 e. The van der Waals surface area contributed by atoms with Gasteiger partial charge in [-0.1, -0.05) is 11.6 Å². The van der Waals surface area contributed by atoms with Crippen LogP contribution in [0.25, 0.3) is 0 Å². The number of hydrogen-bond donors (Lipinski definition) is 2. The highest BCUT2D eigenvalue weighted by Crippen LogP contribution is 2.36. The number of rotatable bonds is 2. The van der Waals surface area contributed by atoms with Crippen LogP contribution in [0.4, 0.5) is 0 Å². The largest absolute Gasteiger partial charge is 0.480 e. The van der Waals surface area contributed by atoms with Crippen molar-refractivity contribution in [1.29, 1.82) is 0 Å². The van der Waals surface area contributed by atoms with Gasteiger partial charge in [0.25, 0.3) is 5.91 Å². The summed E-state index contributed by atoms with van der Waals surface area (Å²) in [4.78, 5) is 12.3. The van der Waals surface area contributed by atoms with Crippen molar-refractivity contribution in [2.75, 3.05) is 13.2 Å². The lowest BCUT2D eigenvalue weighted by molar-refractivity contribution is -0.132. The van der Waals surface area contributed by atoms with E-state index in [1.54, 1.807) is 18.2 Å². The first kappa shape index (κ1) is 14.6. The summed E-state index contributed by atoms with van der Waals surface area (Å²) in [6.07, 6.45) is 0.654. The number of aliphatic hydroxyl groups is 1. The van der Waals surface area contributed by atoms with Crippen molar-refractivity contribution in [3.05, 3.63) is 28.8 Å². The molecule has 2 N–H and O–H groups in total. The summed E-state index contributed by atoms with van der Waals surface area (Å²) in [5.41, 5.74) is 0.632. The molecule has 1 aromatic rings. The van der Waals surface area contributed by atoms with Crippen LogP contribution in [0.2, 0.25) is 5.02 Å². The van der Waals surface area contributed by atoms with Crippen molar-refractivity contribution in [3.63, 3.8) is 0 Å². The fourth-order valence-corrected chi connectivity index (χ4v) is 2.91. The third-order valence-electron chi connectivity index (χ3n) is 3.84. The molecule has 3 rings (SSSR count). The number of ether oxygens (including phenoxy) is 2. The minimum Gasteiger partial charge on any atom is -0.480 e. The van der Waals surface area contributed by atoms with Gasteiger partial charge in [0.2, 0.25) is 0 Å². The van der Waals surface area contributed by atoms with E-state index in [0.717, 1.165) is 19.4 Å². The monoisotopic (exact) mass is 311 g/mol. The lowest BCUT2D eigenvalue weighted by Crippen LogP contribution is -2.48. The zero-order valence-corrected chi connectivity index (χ0v) is 12.3. The number of hydrogen-bond acceptors (Lipinski definition) is 4. The van der Waals surface area contributed by atoms with Crippen molar-refractivity contribution in [1.82, 2.24) is 5.32 Å². The summed E-state index contributed by atoms with van der Waals surface area (Å²) in [7, 11) is 0. The molecule has 1 fully saturated rings. The fourth-order valence-electron chi connectivity index (χ4n) is 2.73. The molecule has 6 heteroatoms. The molecule has 0 spiro atoms. The van der Waals surface area contributed by atoms with Gasteiger partial charge in [0.1, 0.15) is 5.75 Å². The highest BCUT2D eigenvalue weighted by molar-refractivity contribution is 6.30. The third-order valence-corrected chi connectivity index (χ3v) is 4.07. The van der Waals surface area contributed by atoms with Crippen molar-refractivity contribution < 1.29 is 19.4 Å². The Morgan fingerprint density at radius 3 is 3.05 bits per heavy atom. The fraction of sp³-hybridized carbons (Fsp3) is 0.533. The number of nitrogens with one attached hydrogen (secondary N) is 1. The first-order valence-corrected chi connectivity index (χ1v) is 7.53. The van der Waals surface area contributed by atoms with Gasteiger partial charge in [-0.2, -0.15) is 0 Å². The van der Waals surface area contributed by atoms with Gasteiger partial charge in [0.15, 0.2) is 6.10 Å². The Bertz CT molecular complexity index is 530. The van der Waals surface area contributed by atoms with Crippen molar-refractivity contribution >= 4 is 17.5 Å². The van der Waals surface area contributed by atoms with Crippen LogP contribution < -0.4 is 10.1 Å². The number of carbonyl (C=O) groups is 1. The standard InChI is InChI=1S/C15H18ClNO4/c16-9-3-4-13-11(6-9)12(18)7-14(21-13)15(19)17-10-2-1-5-20-8-10/h3-4,6,10,12,14,18H,1-2,5,7-8H2,(H,17,19). The van der Waals surface area contributed by atoms with Crippen molar-refractivity contribution in [3.8, 4) is 5.75 Å². The molecular formula is C15H18ClNO4. The molecule has 0 aromatic heterocycles. The lowest BCUT2D eigenvalue weighted by Gasteiger charge is -2.31. The second-order valence-electron chi connectivity index (χ2n) is 5.46. The Kier molecular flexibility index (Phi) is 4.33. The Labute approximate surface area is 128 Å². The van der Waals surface area contributed by atoms with E-state index < -0.39 is 12.2 Å². The normalized spacial score (nSPS) is 28.4. The minimum absolute atomic E-state index is 0.0265. The number of aliphatic hydroxyl groups excluding tert-OH is 1. The van der Waals surface area contributed by atoms with Crippen molar-refractivity contribution in [2.45, 2.75) is 37.5 Å². The first-order chi connectivity index (χ1) is 10.1. The van der Waals surface area contributed by atoms with Gasteiger partial charge in [0, 0.05) is 23.6 Å². The molecule has 1 aromatic carbocycles. The van der Waals surface area contributed by atoms with Crippen LogP contribution in [0.5, 0.6) is 5.75 Å². The van der Waals surface area contributed by atoms with Crippen LogP contribution >= 0.6 is 11.6 Å². The van der Waals surface area contributed by atoms with E-state index in [4.69, 9.17) is 21.1 Å². The van der Waals surface area contributed by atoms with E-state index in [9.17, 15) is 9.90 Å². The van der Waals surface area contributed by atoms with Crippen LogP contribution in [0.1, 0.15) is 30.9 Å². The second kappa shape index (κ2) is 6.22. The van der Waals surface area contributed by atoms with Crippen LogP contribution in [0.3, 0.4) is 0 Å². The highest BCUT2D eigenvalue weighted by Gasteiger charge is 2.33. The molecule has 2 aliphatic rings. The van der Waals surface area contributed by atoms with E-state index >= 15 is 0 Å². The molecule has 114 valence electrons. The molecule has 0 saturated carbocycles. The summed E-state index contributed by atoms with van der Waals surface area (Å²) >= 11 is 5.91. The molecule has 1 amide bonds.